The van der Waals surface area contributed by atoms with Gasteiger partial charge < -0.3 is 20.6 Å². The number of carboxylic acid groups (broad SMARTS) is 1. The van der Waals surface area contributed by atoms with E-state index in [9.17, 15) is 32.5 Å². The van der Waals surface area contributed by atoms with Crippen molar-refractivity contribution in [1.82, 2.24) is 0 Å². The number of amides is 2. The highest BCUT2D eigenvalue weighted by molar-refractivity contribution is 7.94. The first-order valence-electron chi connectivity index (χ1n) is 19.9. The second kappa shape index (κ2) is 18.7. The number of allylic oxidation sites excluding steroid dienone is 6. The zero-order chi connectivity index (χ0) is 43.2. The molecule has 2 bridgehead atoms. The van der Waals surface area contributed by atoms with Crippen LogP contribution >= 0.6 is 12.0 Å². The van der Waals surface area contributed by atoms with Gasteiger partial charge in [0.25, 0.3) is 10.1 Å². The molecule has 16 heteroatoms. The summed E-state index contributed by atoms with van der Waals surface area (Å²) in [4.78, 5) is 40.7. The lowest BCUT2D eigenvalue weighted by Gasteiger charge is -2.27. The summed E-state index contributed by atoms with van der Waals surface area (Å²) in [7, 11) is -4.43. The Morgan fingerprint density at radius 1 is 0.817 bits per heavy atom. The summed E-state index contributed by atoms with van der Waals surface area (Å²) in [5.74, 6) is -1.73. The van der Waals surface area contributed by atoms with Crippen molar-refractivity contribution >= 4 is 68.4 Å². The van der Waals surface area contributed by atoms with Crippen molar-refractivity contribution in [3.05, 3.63) is 107 Å². The summed E-state index contributed by atoms with van der Waals surface area (Å²) in [5, 5.41) is 27.9. The van der Waals surface area contributed by atoms with Crippen molar-refractivity contribution in [3.63, 3.8) is 0 Å². The molecule has 0 fully saturated rings. The van der Waals surface area contributed by atoms with Crippen molar-refractivity contribution in [3.8, 4) is 0 Å². The molecule has 3 aromatic carbocycles. The monoisotopic (exact) mass is 859 g/mol. The molecule has 2 amide bonds. The van der Waals surface area contributed by atoms with E-state index in [0.717, 1.165) is 63.7 Å². The molecule has 0 saturated carbocycles. The topological polar surface area (TPSA) is 195 Å². The molecule has 3 aliphatic rings. The average Bonchev–Trinajstić information content (AvgIpc) is 3.53. The first kappa shape index (κ1) is 44.5. The zero-order valence-electron chi connectivity index (χ0n) is 34.1. The molecule has 318 valence electrons. The molecule has 0 saturated heterocycles. The van der Waals surface area contributed by atoms with Crippen molar-refractivity contribution in [1.29, 1.82) is 0 Å². The Morgan fingerprint density at radius 3 is 2.15 bits per heavy atom. The molecule has 5 N–H and O–H groups in total. The first-order chi connectivity index (χ1) is 28.5. The predicted molar refractivity (Wildman–Crippen MR) is 231 cm³/mol. The summed E-state index contributed by atoms with van der Waals surface area (Å²) in [6, 6.07) is 14.9. The maximum Gasteiger partial charge on any atom is 0.335 e. The number of anilines is 3. The van der Waals surface area contributed by atoms with Crippen LogP contribution < -0.4 is 15.5 Å². The number of hydrogen-bond acceptors (Lipinski definition) is 10. The van der Waals surface area contributed by atoms with Crippen LogP contribution in [0.1, 0.15) is 101 Å². The van der Waals surface area contributed by atoms with E-state index in [-0.39, 0.29) is 46.5 Å². The molecule has 60 heavy (non-hydrogen) atoms. The van der Waals surface area contributed by atoms with E-state index >= 15 is 0 Å². The maximum absolute atomic E-state index is 13.0. The van der Waals surface area contributed by atoms with E-state index in [1.165, 1.54) is 24.3 Å². The van der Waals surface area contributed by atoms with Gasteiger partial charge in [-0.2, -0.15) is 13.0 Å². The maximum atomic E-state index is 13.0. The third-order valence-corrected chi connectivity index (χ3v) is 12.7. The first-order valence-corrected chi connectivity index (χ1v) is 22.1. The molecule has 6 rings (SSSR count). The number of carbonyl (C=O) groups excluding carboxylic acids is 2. The van der Waals surface area contributed by atoms with Crippen molar-refractivity contribution < 1.29 is 51.7 Å². The molecule has 0 unspecified atom stereocenters. The van der Waals surface area contributed by atoms with Gasteiger partial charge in [0.05, 0.1) is 27.9 Å². The number of fused-ring (bicyclic) bond motifs is 7. The van der Waals surface area contributed by atoms with Gasteiger partial charge in [0, 0.05) is 76.6 Å². The van der Waals surface area contributed by atoms with Crippen LogP contribution in [0.2, 0.25) is 0 Å². The fraction of sp³-hybridized carbons (Fsp3) is 0.364. The summed E-state index contributed by atoms with van der Waals surface area (Å²) in [6.07, 6.45) is 14.5. The van der Waals surface area contributed by atoms with Gasteiger partial charge in [-0.15, -0.1) is 4.33 Å². The smallest absolute Gasteiger partial charge is 0.335 e. The molecule has 3 aliphatic heterocycles. The summed E-state index contributed by atoms with van der Waals surface area (Å²) < 4.78 is 41.2. The van der Waals surface area contributed by atoms with Crippen LogP contribution in [0.25, 0.3) is 0 Å². The van der Waals surface area contributed by atoms with Crippen LogP contribution in [0, 0.1) is 0 Å². The Labute approximate surface area is 354 Å². The Morgan fingerprint density at radius 2 is 1.50 bits per heavy atom. The van der Waals surface area contributed by atoms with Gasteiger partial charge >= 0.3 is 5.97 Å². The van der Waals surface area contributed by atoms with Gasteiger partial charge in [-0.05, 0) is 99.7 Å². The van der Waals surface area contributed by atoms with Crippen LogP contribution in [-0.2, 0) is 39.9 Å². The van der Waals surface area contributed by atoms with E-state index in [2.05, 4.69) is 45.1 Å². The van der Waals surface area contributed by atoms with E-state index < -0.39 is 26.9 Å². The minimum Gasteiger partial charge on any atom is -0.478 e. The zero-order valence-corrected chi connectivity index (χ0v) is 35.7. The fourth-order valence-electron chi connectivity index (χ4n) is 8.22. The third kappa shape index (κ3) is 10.1. The molecule has 0 atom stereocenters. The standard InChI is InChI=1S/C44H50N4O10S2/c1-43(2)34-27-32(59-58-57-53)18-20-36(34)47-22-12-6-10-16-40(49)45-30-24-29(42(51)52)25-31(26-30)46-41(50)17-11-7-13-23-48-37-21-19-33(60(54,55)56)28-35(37)44(3,4)39(48)15-9-5-8-14-38(43)47/h5,8-9,14-15,18-21,24-28H,6-7,10-13,16-17,22-23H2,1-4H3,(H4-,45,46,49,50,51,52,53,54,55,56)/p+1. The lowest BCUT2D eigenvalue weighted by atomic mass is 9.81. The number of carbonyl (C=O) groups is 3. The normalized spacial score (nSPS) is 20.7. The number of hydrogen-bond donors (Lipinski definition) is 5. The SMILES string of the molecule is CC1(C)C2=[N+](CCCCCC(=O)Nc3cc(cc(C(=O)O)c3)NC(=O)CCCCCN3/C(=C/C=C/C=C/2)C(C)(C)c2cc(S(=O)(=O)O)ccc23)c2ccc(SOOO)cc21. The Bertz CT molecular complexity index is 2400. The van der Waals surface area contributed by atoms with Crippen molar-refractivity contribution in [2.24, 2.45) is 0 Å². The highest BCUT2D eigenvalue weighted by atomic mass is 32.2. The van der Waals surface area contributed by atoms with Gasteiger partial charge in [-0.3, -0.25) is 14.1 Å². The molecule has 3 aromatic rings. The number of nitrogens with one attached hydrogen (secondary N) is 2. The molecule has 14 nitrogen and oxygen atoms in total. The molecule has 0 radical (unpaired) electrons. The molecule has 0 spiro atoms. The second-order valence-electron chi connectivity index (χ2n) is 16.1. The lowest BCUT2D eigenvalue weighted by molar-refractivity contribution is -0.438. The van der Waals surface area contributed by atoms with E-state index in [4.69, 9.17) is 9.59 Å². The second-order valence-corrected chi connectivity index (χ2v) is 18.3. The molecule has 0 aliphatic carbocycles. The molecular formula is C44H51N4O10S2+. The number of rotatable bonds is 5. The number of aromatic carboxylic acids is 1. The third-order valence-electron chi connectivity index (χ3n) is 11.2. The fourth-order valence-corrected chi connectivity index (χ4v) is 9.13. The Hall–Kier alpha value is -5.10. The van der Waals surface area contributed by atoms with E-state index in [1.54, 1.807) is 12.1 Å². The minimum atomic E-state index is -4.43. The number of benzene rings is 3. The minimum absolute atomic E-state index is 0.0672. The van der Waals surface area contributed by atoms with E-state index in [1.807, 2.05) is 56.4 Å². The van der Waals surface area contributed by atoms with E-state index in [0.29, 0.717) is 38.8 Å². The summed E-state index contributed by atoms with van der Waals surface area (Å²) in [5.41, 5.74) is 5.14. The number of nitrogens with zero attached hydrogens (tertiary/aromatic N) is 2. The van der Waals surface area contributed by atoms with Crippen molar-refractivity contribution in [2.75, 3.05) is 28.6 Å². The van der Waals surface area contributed by atoms with Crippen molar-refractivity contribution in [2.45, 2.75) is 99.7 Å². The summed E-state index contributed by atoms with van der Waals surface area (Å²) >= 11 is 0.897. The Balaban J connectivity index is 1.33. The van der Waals surface area contributed by atoms with Gasteiger partial charge in [0.15, 0.2) is 5.71 Å². The molecule has 3 heterocycles. The van der Waals surface area contributed by atoms with Crippen LogP contribution in [0.4, 0.5) is 22.7 Å². The van der Waals surface area contributed by atoms with Crippen LogP contribution in [0.15, 0.2) is 100 Å². The van der Waals surface area contributed by atoms with Gasteiger partial charge in [-0.1, -0.05) is 43.5 Å². The highest BCUT2D eigenvalue weighted by Gasteiger charge is 2.44. The number of carboxylic acids is 1. The van der Waals surface area contributed by atoms with Gasteiger partial charge in [-0.25, -0.2) is 10.1 Å². The van der Waals surface area contributed by atoms with Crippen LogP contribution in [-0.4, -0.2) is 64.5 Å². The lowest BCUT2D eigenvalue weighted by Crippen LogP contribution is -2.28. The van der Waals surface area contributed by atoms with Gasteiger partial charge in [0.1, 0.15) is 6.54 Å². The summed E-state index contributed by atoms with van der Waals surface area (Å²) in [6.45, 7) is 9.58. The Kier molecular flexibility index (Phi) is 13.8. The largest absolute Gasteiger partial charge is 0.478 e. The predicted octanol–water partition coefficient (Wildman–Crippen LogP) is 8.94. The highest BCUT2D eigenvalue weighted by Crippen LogP contribution is 2.49. The average molecular weight is 860 g/mol. The molecule has 0 aromatic heterocycles. The quantitative estimate of drug-likeness (QED) is 0.0538. The van der Waals surface area contributed by atoms with Gasteiger partial charge in [0.2, 0.25) is 17.5 Å². The molecular weight excluding hydrogens is 809 g/mol. The van der Waals surface area contributed by atoms with Crippen LogP contribution in [0.5, 0.6) is 0 Å². The van der Waals surface area contributed by atoms with Crippen LogP contribution in [0.3, 0.4) is 0 Å².